The van der Waals surface area contributed by atoms with Crippen LogP contribution in [-0.4, -0.2) is 29.0 Å². The monoisotopic (exact) mass is 236 g/mol. The van der Waals surface area contributed by atoms with E-state index in [4.69, 9.17) is 0 Å². The summed E-state index contributed by atoms with van der Waals surface area (Å²) in [7, 11) is 0. The van der Waals surface area contributed by atoms with Crippen molar-refractivity contribution in [1.82, 2.24) is 15.3 Å². The molecule has 1 aromatic rings. The molecule has 0 unspecified atom stereocenters. The highest BCUT2D eigenvalue weighted by Gasteiger charge is 2.05. The van der Waals surface area contributed by atoms with Gasteiger partial charge in [-0.1, -0.05) is 20.8 Å². The van der Waals surface area contributed by atoms with Gasteiger partial charge in [0.2, 0.25) is 5.95 Å². The Morgan fingerprint density at radius 1 is 1.35 bits per heavy atom. The molecule has 0 saturated carbocycles. The molecule has 5 nitrogen and oxygen atoms in total. The zero-order valence-electron chi connectivity index (χ0n) is 10.7. The van der Waals surface area contributed by atoms with E-state index in [1.165, 1.54) is 0 Å². The minimum atomic E-state index is -0.123. The molecular weight excluding hydrogens is 216 g/mol. The molecule has 0 aliphatic rings. The molecule has 0 atom stereocenters. The van der Waals surface area contributed by atoms with Crippen molar-refractivity contribution in [2.45, 2.75) is 27.2 Å². The van der Waals surface area contributed by atoms with Crippen molar-refractivity contribution in [3.05, 3.63) is 18.0 Å². The van der Waals surface area contributed by atoms with E-state index in [1.54, 1.807) is 12.4 Å². The van der Waals surface area contributed by atoms with Gasteiger partial charge in [-0.3, -0.25) is 4.79 Å². The molecule has 1 heterocycles. The number of anilines is 1. The molecule has 5 heteroatoms. The first kappa shape index (κ1) is 13.4. The van der Waals surface area contributed by atoms with E-state index >= 15 is 0 Å². The van der Waals surface area contributed by atoms with Crippen LogP contribution in [0.4, 0.5) is 5.95 Å². The molecule has 0 aromatic carbocycles. The Labute approximate surface area is 102 Å². The van der Waals surface area contributed by atoms with Gasteiger partial charge < -0.3 is 10.6 Å². The Balaban J connectivity index is 2.52. The number of hydrogen-bond acceptors (Lipinski definition) is 4. The fourth-order valence-corrected chi connectivity index (χ4v) is 1.17. The number of amides is 1. The van der Waals surface area contributed by atoms with Gasteiger partial charge in [-0.05, 0) is 12.3 Å². The van der Waals surface area contributed by atoms with Crippen LogP contribution in [0.15, 0.2) is 12.4 Å². The summed E-state index contributed by atoms with van der Waals surface area (Å²) < 4.78 is 0. The molecular formula is C12H20N4O. The zero-order valence-corrected chi connectivity index (χ0v) is 10.7. The van der Waals surface area contributed by atoms with Crippen LogP contribution in [0.3, 0.4) is 0 Å². The highest BCUT2D eigenvalue weighted by Crippen LogP contribution is 2.01. The zero-order chi connectivity index (χ0) is 12.7. The summed E-state index contributed by atoms with van der Waals surface area (Å²) in [5, 5.41) is 5.88. The van der Waals surface area contributed by atoms with E-state index < -0.39 is 0 Å². The van der Waals surface area contributed by atoms with Crippen molar-refractivity contribution in [2.75, 3.05) is 18.4 Å². The van der Waals surface area contributed by atoms with E-state index in [1.807, 2.05) is 6.92 Å². The van der Waals surface area contributed by atoms with Crippen molar-refractivity contribution in [1.29, 1.82) is 0 Å². The van der Waals surface area contributed by atoms with E-state index in [0.717, 1.165) is 13.0 Å². The topological polar surface area (TPSA) is 66.9 Å². The first-order chi connectivity index (χ1) is 8.13. The summed E-state index contributed by atoms with van der Waals surface area (Å²) >= 11 is 0. The van der Waals surface area contributed by atoms with Gasteiger partial charge in [0.25, 0.3) is 5.91 Å². The molecule has 0 spiro atoms. The van der Waals surface area contributed by atoms with Crippen molar-refractivity contribution in [3.8, 4) is 0 Å². The minimum Gasteiger partial charge on any atom is -0.354 e. The third-order valence-electron chi connectivity index (χ3n) is 2.12. The van der Waals surface area contributed by atoms with Crippen LogP contribution < -0.4 is 10.6 Å². The average Bonchev–Trinajstić information content (AvgIpc) is 2.34. The van der Waals surface area contributed by atoms with Gasteiger partial charge >= 0.3 is 0 Å². The van der Waals surface area contributed by atoms with E-state index in [9.17, 15) is 4.79 Å². The summed E-state index contributed by atoms with van der Waals surface area (Å²) in [5.74, 6) is 0.971. The molecule has 1 amide bonds. The Bertz CT molecular complexity index is 348. The summed E-state index contributed by atoms with van der Waals surface area (Å²) in [5.41, 5.74) is 0.494. The fourth-order valence-electron chi connectivity index (χ4n) is 1.17. The quantitative estimate of drug-likeness (QED) is 0.788. The Morgan fingerprint density at radius 2 is 2.00 bits per heavy atom. The maximum atomic E-state index is 11.6. The van der Waals surface area contributed by atoms with Crippen LogP contribution in [0.1, 0.15) is 37.6 Å². The van der Waals surface area contributed by atoms with Crippen molar-refractivity contribution in [3.63, 3.8) is 0 Å². The van der Waals surface area contributed by atoms with Crippen LogP contribution in [0.25, 0.3) is 0 Å². The molecule has 0 aliphatic carbocycles. The first-order valence-electron chi connectivity index (χ1n) is 5.97. The fraction of sp³-hybridized carbons (Fsp3) is 0.583. The normalized spacial score (nSPS) is 10.4. The smallest absolute Gasteiger partial charge is 0.254 e. The van der Waals surface area contributed by atoms with Crippen LogP contribution in [0.2, 0.25) is 0 Å². The summed E-state index contributed by atoms with van der Waals surface area (Å²) in [6, 6.07) is 0. The van der Waals surface area contributed by atoms with Gasteiger partial charge in [-0.2, -0.15) is 0 Å². The van der Waals surface area contributed by atoms with Crippen molar-refractivity contribution < 1.29 is 4.79 Å². The lowest BCUT2D eigenvalue weighted by atomic mass is 10.2. The Kier molecular flexibility index (Phi) is 5.39. The minimum absolute atomic E-state index is 0.123. The largest absolute Gasteiger partial charge is 0.354 e. The van der Waals surface area contributed by atoms with E-state index in [0.29, 0.717) is 24.0 Å². The molecule has 17 heavy (non-hydrogen) atoms. The second kappa shape index (κ2) is 6.83. The second-order valence-corrected chi connectivity index (χ2v) is 4.33. The lowest BCUT2D eigenvalue weighted by molar-refractivity contribution is 0.0953. The van der Waals surface area contributed by atoms with E-state index in [2.05, 4.69) is 34.4 Å². The summed E-state index contributed by atoms with van der Waals surface area (Å²) in [4.78, 5) is 19.8. The predicted molar refractivity (Wildman–Crippen MR) is 68.0 cm³/mol. The molecule has 1 aromatic heterocycles. The molecule has 1 rings (SSSR count). The number of carbonyl (C=O) groups is 1. The number of aromatic nitrogens is 2. The SMILES string of the molecule is CCCNC(=O)c1cnc(NCC(C)C)nc1. The first-order valence-corrected chi connectivity index (χ1v) is 5.97. The maximum Gasteiger partial charge on any atom is 0.254 e. The highest BCUT2D eigenvalue weighted by molar-refractivity contribution is 5.93. The number of hydrogen-bond donors (Lipinski definition) is 2. The van der Waals surface area contributed by atoms with Gasteiger partial charge in [-0.25, -0.2) is 9.97 Å². The molecule has 2 N–H and O–H groups in total. The van der Waals surface area contributed by atoms with Crippen LogP contribution in [-0.2, 0) is 0 Å². The third kappa shape index (κ3) is 4.80. The van der Waals surface area contributed by atoms with Gasteiger partial charge in [-0.15, -0.1) is 0 Å². The second-order valence-electron chi connectivity index (χ2n) is 4.33. The lowest BCUT2D eigenvalue weighted by Gasteiger charge is -2.07. The molecule has 94 valence electrons. The van der Waals surface area contributed by atoms with Gasteiger partial charge in [0.15, 0.2) is 0 Å². The number of nitrogens with one attached hydrogen (secondary N) is 2. The number of rotatable bonds is 6. The third-order valence-corrected chi connectivity index (χ3v) is 2.12. The average molecular weight is 236 g/mol. The van der Waals surface area contributed by atoms with Crippen LogP contribution in [0, 0.1) is 5.92 Å². The van der Waals surface area contributed by atoms with Crippen molar-refractivity contribution >= 4 is 11.9 Å². The molecule has 0 fully saturated rings. The molecule has 0 aliphatic heterocycles. The Morgan fingerprint density at radius 3 is 2.53 bits per heavy atom. The van der Waals surface area contributed by atoms with Crippen LogP contribution in [0.5, 0.6) is 0 Å². The summed E-state index contributed by atoms with van der Waals surface area (Å²) in [6.45, 7) is 7.72. The maximum absolute atomic E-state index is 11.6. The van der Waals surface area contributed by atoms with Gasteiger partial charge in [0.1, 0.15) is 0 Å². The van der Waals surface area contributed by atoms with Gasteiger partial charge in [0, 0.05) is 25.5 Å². The Hall–Kier alpha value is -1.65. The standard InChI is InChI=1S/C12H20N4O/c1-4-5-13-11(17)10-7-15-12(16-8-10)14-6-9(2)3/h7-9H,4-6H2,1-3H3,(H,13,17)(H,14,15,16). The molecule has 0 saturated heterocycles. The van der Waals surface area contributed by atoms with Crippen LogP contribution >= 0.6 is 0 Å². The summed E-state index contributed by atoms with van der Waals surface area (Å²) in [6.07, 6.45) is 4.00. The number of nitrogens with zero attached hydrogens (tertiary/aromatic N) is 2. The van der Waals surface area contributed by atoms with Crippen molar-refractivity contribution in [2.24, 2.45) is 5.92 Å². The number of carbonyl (C=O) groups excluding carboxylic acids is 1. The molecule has 0 radical (unpaired) electrons. The predicted octanol–water partition coefficient (Wildman–Crippen LogP) is 1.68. The van der Waals surface area contributed by atoms with E-state index in [-0.39, 0.29) is 5.91 Å². The molecule has 0 bridgehead atoms. The highest BCUT2D eigenvalue weighted by atomic mass is 16.1. The van der Waals surface area contributed by atoms with Gasteiger partial charge in [0.05, 0.1) is 5.56 Å². The lowest BCUT2D eigenvalue weighted by Crippen LogP contribution is -2.24.